The van der Waals surface area contributed by atoms with Gasteiger partial charge in [0.25, 0.3) is 0 Å². The fraction of sp³-hybridized carbons (Fsp3) is 0.167. The summed E-state index contributed by atoms with van der Waals surface area (Å²) in [6.07, 6.45) is 3.22. The van der Waals surface area contributed by atoms with E-state index in [1.54, 1.807) is 13.0 Å². The van der Waals surface area contributed by atoms with Crippen LogP contribution in [0, 0.1) is 6.92 Å². The number of anilines is 1. The maximum atomic E-state index is 12.0. The van der Waals surface area contributed by atoms with Gasteiger partial charge in [0.05, 0.1) is 11.3 Å². The molecular weight excluding hydrogens is 356 g/mol. The summed E-state index contributed by atoms with van der Waals surface area (Å²) in [7, 11) is 0. The zero-order valence-electron chi connectivity index (χ0n) is 13.7. The van der Waals surface area contributed by atoms with Gasteiger partial charge in [-0.3, -0.25) is 10.1 Å². The van der Waals surface area contributed by atoms with E-state index in [0.29, 0.717) is 16.6 Å². The molecule has 1 N–H and O–H groups in total. The second-order valence-corrected chi connectivity index (χ2v) is 7.16. The smallest absolute Gasteiger partial charge is 0.348 e. The number of thiophene rings is 1. The third-order valence-electron chi connectivity index (χ3n) is 3.39. The zero-order valence-corrected chi connectivity index (χ0v) is 15.4. The molecule has 0 aliphatic heterocycles. The minimum atomic E-state index is -0.327. The summed E-state index contributed by atoms with van der Waals surface area (Å²) in [6, 6.07) is 9.59. The van der Waals surface area contributed by atoms with Gasteiger partial charge >= 0.3 is 5.97 Å². The van der Waals surface area contributed by atoms with E-state index in [2.05, 4.69) is 10.3 Å². The van der Waals surface area contributed by atoms with Crippen molar-refractivity contribution in [2.45, 2.75) is 13.8 Å². The number of hydrogen-bond donors (Lipinski definition) is 1. The lowest BCUT2D eigenvalue weighted by atomic mass is 10.2. The van der Waals surface area contributed by atoms with Gasteiger partial charge in [-0.2, -0.15) is 0 Å². The second-order valence-electron chi connectivity index (χ2n) is 5.16. The molecule has 0 unspecified atom stereocenters. The summed E-state index contributed by atoms with van der Waals surface area (Å²) >= 11 is 2.64. The topological polar surface area (TPSA) is 68.3 Å². The van der Waals surface area contributed by atoms with Gasteiger partial charge in [0, 0.05) is 6.08 Å². The van der Waals surface area contributed by atoms with E-state index in [1.165, 1.54) is 28.7 Å². The van der Waals surface area contributed by atoms with Crippen molar-refractivity contribution in [3.63, 3.8) is 0 Å². The quantitative estimate of drug-likeness (QED) is 0.529. The van der Waals surface area contributed by atoms with Crippen molar-refractivity contribution >= 4 is 55.3 Å². The molecule has 0 aliphatic carbocycles. The number of nitrogens with one attached hydrogen (secondary N) is 1. The van der Waals surface area contributed by atoms with E-state index in [9.17, 15) is 9.59 Å². The third kappa shape index (κ3) is 3.94. The first kappa shape index (κ1) is 17.3. The van der Waals surface area contributed by atoms with Crippen LogP contribution in [0.25, 0.3) is 15.6 Å². The van der Waals surface area contributed by atoms with Crippen LogP contribution in [0.2, 0.25) is 0 Å². The summed E-state index contributed by atoms with van der Waals surface area (Å²) in [4.78, 5) is 29.6. The molecule has 25 heavy (non-hydrogen) atoms. The van der Waals surface area contributed by atoms with E-state index in [1.807, 2.05) is 37.3 Å². The number of fused-ring (bicyclic) bond motifs is 1. The van der Waals surface area contributed by atoms with Crippen LogP contribution in [-0.4, -0.2) is 23.5 Å². The SMILES string of the molecule is CCOC(=O)c1sc2nc(NC(=O)/C=C/c3ccccc3)sc2c1C. The van der Waals surface area contributed by atoms with Crippen molar-refractivity contribution in [3.05, 3.63) is 52.4 Å². The fourth-order valence-electron chi connectivity index (χ4n) is 2.22. The predicted octanol–water partition coefficient (Wildman–Crippen LogP) is 4.49. The molecule has 0 radical (unpaired) electrons. The Kier molecular flexibility index (Phi) is 5.25. The van der Waals surface area contributed by atoms with Crippen LogP contribution in [0.5, 0.6) is 0 Å². The average Bonchev–Trinajstić information content (AvgIpc) is 3.13. The van der Waals surface area contributed by atoms with Gasteiger partial charge in [-0.15, -0.1) is 11.3 Å². The van der Waals surface area contributed by atoms with Crippen LogP contribution in [0.3, 0.4) is 0 Å². The number of benzene rings is 1. The highest BCUT2D eigenvalue weighted by Gasteiger charge is 2.20. The molecule has 5 nitrogen and oxygen atoms in total. The van der Waals surface area contributed by atoms with Crippen molar-refractivity contribution in [2.75, 3.05) is 11.9 Å². The molecule has 0 fully saturated rings. The number of hydrogen-bond acceptors (Lipinski definition) is 6. The molecule has 2 heterocycles. The van der Waals surface area contributed by atoms with Crippen molar-refractivity contribution in [3.8, 4) is 0 Å². The molecule has 0 atom stereocenters. The number of carbonyl (C=O) groups is 2. The summed E-state index contributed by atoms with van der Waals surface area (Å²) in [5.41, 5.74) is 1.80. The molecule has 3 aromatic rings. The standard InChI is InChI=1S/C18H16N2O3S2/c1-3-23-17(22)15-11(2)14-16(24-15)20-18(25-14)19-13(21)10-9-12-7-5-4-6-8-12/h4-10H,3H2,1-2H3,(H,19,20,21)/b10-9+. The minimum Gasteiger partial charge on any atom is -0.462 e. The molecule has 0 saturated carbocycles. The highest BCUT2D eigenvalue weighted by Crippen LogP contribution is 2.37. The van der Waals surface area contributed by atoms with Gasteiger partial charge in [0.15, 0.2) is 5.13 Å². The first-order valence-corrected chi connectivity index (χ1v) is 9.33. The summed E-state index contributed by atoms with van der Waals surface area (Å²) in [5, 5.41) is 3.28. The minimum absolute atomic E-state index is 0.242. The molecule has 0 saturated heterocycles. The first-order chi connectivity index (χ1) is 12.1. The molecule has 0 bridgehead atoms. The fourth-order valence-corrected chi connectivity index (χ4v) is 4.43. The van der Waals surface area contributed by atoms with Gasteiger partial charge in [0.1, 0.15) is 9.71 Å². The second kappa shape index (κ2) is 7.58. The van der Waals surface area contributed by atoms with Crippen LogP contribution in [0.4, 0.5) is 5.13 Å². The number of esters is 1. The number of aromatic nitrogens is 1. The number of rotatable bonds is 5. The lowest BCUT2D eigenvalue weighted by Gasteiger charge is -1.99. The van der Waals surface area contributed by atoms with Gasteiger partial charge < -0.3 is 4.74 Å². The number of amides is 1. The maximum Gasteiger partial charge on any atom is 0.348 e. The van der Waals surface area contributed by atoms with Crippen molar-refractivity contribution in [2.24, 2.45) is 0 Å². The number of carbonyl (C=O) groups excluding carboxylic acids is 2. The largest absolute Gasteiger partial charge is 0.462 e. The van der Waals surface area contributed by atoms with E-state index in [4.69, 9.17) is 4.74 Å². The molecule has 0 spiro atoms. The highest BCUT2D eigenvalue weighted by molar-refractivity contribution is 7.30. The average molecular weight is 372 g/mol. The van der Waals surface area contributed by atoms with Gasteiger partial charge in [-0.05, 0) is 31.1 Å². The maximum absolute atomic E-state index is 12.0. The van der Waals surface area contributed by atoms with E-state index >= 15 is 0 Å². The van der Waals surface area contributed by atoms with Crippen molar-refractivity contribution in [1.29, 1.82) is 0 Å². The van der Waals surface area contributed by atoms with Gasteiger partial charge in [-0.1, -0.05) is 41.7 Å². The zero-order chi connectivity index (χ0) is 17.8. The molecule has 1 aromatic carbocycles. The normalized spacial score (nSPS) is 11.1. The molecular formula is C18H16N2O3S2. The molecule has 2 aromatic heterocycles. The Hall–Kier alpha value is -2.51. The van der Waals surface area contributed by atoms with Crippen molar-refractivity contribution in [1.82, 2.24) is 4.98 Å². The Labute approximate surface area is 153 Å². The predicted molar refractivity (Wildman–Crippen MR) is 102 cm³/mol. The van der Waals surface area contributed by atoms with E-state index in [0.717, 1.165) is 20.7 Å². The molecule has 128 valence electrons. The Morgan fingerprint density at radius 2 is 2.00 bits per heavy atom. The molecule has 1 amide bonds. The lowest BCUT2D eigenvalue weighted by Crippen LogP contribution is -2.07. The third-order valence-corrected chi connectivity index (χ3v) is 5.78. The number of nitrogens with zero attached hydrogens (tertiary/aromatic N) is 1. The lowest BCUT2D eigenvalue weighted by molar-refractivity contribution is -0.111. The number of ether oxygens (including phenoxy) is 1. The number of aryl methyl sites for hydroxylation is 1. The summed E-state index contributed by atoms with van der Waals surface area (Å²) in [6.45, 7) is 3.98. The van der Waals surface area contributed by atoms with Crippen LogP contribution < -0.4 is 5.32 Å². The highest BCUT2D eigenvalue weighted by atomic mass is 32.1. The van der Waals surface area contributed by atoms with Crippen LogP contribution in [0.15, 0.2) is 36.4 Å². The Morgan fingerprint density at radius 1 is 1.24 bits per heavy atom. The first-order valence-electron chi connectivity index (χ1n) is 7.69. The monoisotopic (exact) mass is 372 g/mol. The Balaban J connectivity index is 1.73. The van der Waals surface area contributed by atoms with Gasteiger partial charge in [0.2, 0.25) is 5.91 Å². The van der Waals surface area contributed by atoms with E-state index < -0.39 is 0 Å². The van der Waals surface area contributed by atoms with Crippen LogP contribution in [0.1, 0.15) is 27.7 Å². The molecule has 0 aliphatic rings. The van der Waals surface area contributed by atoms with E-state index in [-0.39, 0.29) is 11.9 Å². The van der Waals surface area contributed by atoms with Crippen LogP contribution >= 0.6 is 22.7 Å². The molecule has 7 heteroatoms. The molecule has 3 rings (SSSR count). The number of thiazole rings is 1. The van der Waals surface area contributed by atoms with Crippen LogP contribution in [-0.2, 0) is 9.53 Å². The Bertz CT molecular complexity index is 942. The van der Waals surface area contributed by atoms with Gasteiger partial charge in [-0.25, -0.2) is 9.78 Å². The summed E-state index contributed by atoms with van der Waals surface area (Å²) < 4.78 is 5.94. The summed E-state index contributed by atoms with van der Waals surface area (Å²) in [5.74, 6) is -0.569. The Morgan fingerprint density at radius 3 is 2.68 bits per heavy atom. The van der Waals surface area contributed by atoms with Crippen molar-refractivity contribution < 1.29 is 14.3 Å².